The number of allylic oxidation sites excluding steroid dienone is 1. The Hall–Kier alpha value is -6.68. The molecular weight excluding hydrogens is 1040 g/mol. The molecule has 0 radical (unpaired) electrons. The van der Waals surface area contributed by atoms with Crippen molar-refractivity contribution in [3.63, 3.8) is 0 Å². The number of anilines is 2. The standard InChI is InChI=1S/C64H61N4O.Pt/c1-61(2,3)49-34-45(44-22-14-11-15-23-44)35-52(37-49)67-43-66(42-59(67)64(9,10)47-26-18-13-19-27-47)51-36-50(62(4,5)6)38-54(40-51)69-53-30-31-56-55-28-20-21-29-57(55)68(58(56)41-53)60-39-48(32-33-65-60)63(7,8)46-24-16-12-17-25-46;/h11-39,42-43H,1-10H3;/q-3;. The van der Waals surface area contributed by atoms with Crippen molar-refractivity contribution in [1.82, 2.24) is 9.55 Å². The Morgan fingerprint density at radius 2 is 1.11 bits per heavy atom. The molecule has 0 amide bonds. The molecule has 0 bridgehead atoms. The summed E-state index contributed by atoms with van der Waals surface area (Å²) in [5, 5.41) is 2.21. The second-order valence-electron chi connectivity index (χ2n) is 21.6. The first-order valence-corrected chi connectivity index (χ1v) is 24.1. The van der Waals surface area contributed by atoms with Crippen LogP contribution in [0, 0.1) is 18.8 Å². The van der Waals surface area contributed by atoms with Crippen LogP contribution in [0.25, 0.3) is 38.8 Å². The number of hydrogen-bond donors (Lipinski definition) is 0. The summed E-state index contributed by atoms with van der Waals surface area (Å²) < 4.78 is 9.14. The molecule has 0 unspecified atom stereocenters. The Morgan fingerprint density at radius 3 is 1.79 bits per heavy atom. The average molecular weight is 1100 g/mol. The van der Waals surface area contributed by atoms with Gasteiger partial charge in [-0.25, -0.2) is 4.98 Å². The SMILES string of the molecule is CC(C)(C)c1cc(Oc2[c-]c3c(cc2)c2ccccc2n3-c2cc(C(C)(C)c3ccccc3)ccn2)[c-]c(N2C=C(C(C)(C)c3ccccc3)N(c3cc(-c4ccccc4)cc(C(C)(C)C)c3)[CH-]2)c1.[Pt]. The van der Waals surface area contributed by atoms with Crippen LogP contribution >= 0.6 is 0 Å². The summed E-state index contributed by atoms with van der Waals surface area (Å²) in [6.07, 6.45) is 4.20. The fourth-order valence-corrected chi connectivity index (χ4v) is 9.59. The van der Waals surface area contributed by atoms with Gasteiger partial charge in [0.15, 0.2) is 0 Å². The van der Waals surface area contributed by atoms with E-state index in [2.05, 4.69) is 272 Å². The summed E-state index contributed by atoms with van der Waals surface area (Å²) in [6.45, 7) is 25.0. The summed E-state index contributed by atoms with van der Waals surface area (Å²) in [5.41, 5.74) is 12.7. The summed E-state index contributed by atoms with van der Waals surface area (Å²) in [4.78, 5) is 9.57. The molecule has 0 saturated carbocycles. The first-order valence-electron chi connectivity index (χ1n) is 24.1. The van der Waals surface area contributed by atoms with E-state index >= 15 is 0 Å². The van der Waals surface area contributed by atoms with Gasteiger partial charge in [0.05, 0.1) is 0 Å². The van der Waals surface area contributed by atoms with E-state index in [0.29, 0.717) is 11.5 Å². The predicted molar refractivity (Wildman–Crippen MR) is 287 cm³/mol. The zero-order chi connectivity index (χ0) is 48.3. The van der Waals surface area contributed by atoms with Crippen LogP contribution in [-0.2, 0) is 42.7 Å². The first-order chi connectivity index (χ1) is 32.9. The van der Waals surface area contributed by atoms with Gasteiger partial charge in [-0.05, 0) is 86.1 Å². The molecule has 3 heterocycles. The molecule has 356 valence electrons. The Labute approximate surface area is 429 Å². The number of rotatable bonds is 10. The number of aromatic nitrogens is 2. The maximum absolute atomic E-state index is 6.92. The van der Waals surface area contributed by atoms with E-state index in [1.54, 1.807) is 0 Å². The van der Waals surface area contributed by atoms with Crippen LogP contribution in [0.3, 0.4) is 0 Å². The number of hydrogen-bond acceptors (Lipinski definition) is 4. The van der Waals surface area contributed by atoms with E-state index in [1.807, 2.05) is 12.3 Å². The Kier molecular flexibility index (Phi) is 12.8. The quantitative estimate of drug-likeness (QED) is 0.128. The third-order valence-electron chi connectivity index (χ3n) is 14.0. The summed E-state index contributed by atoms with van der Waals surface area (Å²) in [6, 6.07) is 68.0. The second-order valence-corrected chi connectivity index (χ2v) is 21.6. The monoisotopic (exact) mass is 1100 g/mol. The fraction of sp³-hybridized carbons (Fsp3) is 0.219. The number of nitrogens with zero attached hydrogens (tertiary/aromatic N) is 4. The van der Waals surface area contributed by atoms with Gasteiger partial charge in [-0.15, -0.1) is 53.6 Å². The van der Waals surface area contributed by atoms with Gasteiger partial charge in [0.1, 0.15) is 5.82 Å². The van der Waals surface area contributed by atoms with E-state index in [0.717, 1.165) is 50.3 Å². The molecule has 9 aromatic rings. The van der Waals surface area contributed by atoms with Crippen LogP contribution in [0.2, 0.25) is 0 Å². The number of pyridine rings is 1. The number of ether oxygens (including phenoxy) is 1. The van der Waals surface area contributed by atoms with Gasteiger partial charge >= 0.3 is 0 Å². The second kappa shape index (κ2) is 18.6. The molecule has 10 rings (SSSR count). The van der Waals surface area contributed by atoms with Gasteiger partial charge < -0.3 is 19.1 Å². The largest absolute Gasteiger partial charge is 0.509 e. The average Bonchev–Trinajstić information content (AvgIpc) is 3.95. The van der Waals surface area contributed by atoms with Gasteiger partial charge in [0, 0.05) is 66.5 Å². The van der Waals surface area contributed by atoms with Crippen LogP contribution in [0.15, 0.2) is 188 Å². The Morgan fingerprint density at radius 1 is 0.500 bits per heavy atom. The maximum Gasteiger partial charge on any atom is 0.135 e. The maximum atomic E-state index is 6.92. The van der Waals surface area contributed by atoms with Gasteiger partial charge in [-0.1, -0.05) is 190 Å². The van der Waals surface area contributed by atoms with E-state index in [-0.39, 0.29) is 42.7 Å². The van der Waals surface area contributed by atoms with Crippen LogP contribution in [0.5, 0.6) is 11.5 Å². The molecule has 0 saturated heterocycles. The summed E-state index contributed by atoms with van der Waals surface area (Å²) in [7, 11) is 0. The molecule has 2 aromatic heterocycles. The zero-order valence-corrected chi connectivity index (χ0v) is 44.2. The Balaban J connectivity index is 0.00000608. The minimum Gasteiger partial charge on any atom is -0.509 e. The zero-order valence-electron chi connectivity index (χ0n) is 41.9. The number of para-hydroxylation sites is 1. The van der Waals surface area contributed by atoms with Crippen molar-refractivity contribution in [2.45, 2.75) is 90.9 Å². The van der Waals surface area contributed by atoms with Crippen LogP contribution < -0.4 is 14.5 Å². The van der Waals surface area contributed by atoms with Crippen molar-refractivity contribution < 1.29 is 25.8 Å². The van der Waals surface area contributed by atoms with E-state index in [9.17, 15) is 0 Å². The molecule has 1 aliphatic heterocycles. The van der Waals surface area contributed by atoms with E-state index < -0.39 is 0 Å². The topological polar surface area (TPSA) is 33.5 Å². The van der Waals surface area contributed by atoms with Crippen molar-refractivity contribution >= 4 is 33.2 Å². The first kappa shape index (κ1) is 48.3. The molecule has 1 aliphatic rings. The molecule has 0 atom stereocenters. The third kappa shape index (κ3) is 9.25. The van der Waals surface area contributed by atoms with Gasteiger partial charge in [0.2, 0.25) is 0 Å². The van der Waals surface area contributed by atoms with Crippen molar-refractivity contribution in [2.24, 2.45) is 0 Å². The smallest absolute Gasteiger partial charge is 0.135 e. The predicted octanol–water partition coefficient (Wildman–Crippen LogP) is 16.4. The van der Waals surface area contributed by atoms with Gasteiger partial charge in [0.25, 0.3) is 0 Å². The normalized spacial score (nSPS) is 13.4. The molecule has 0 fully saturated rings. The summed E-state index contributed by atoms with van der Waals surface area (Å²) >= 11 is 0. The van der Waals surface area contributed by atoms with Crippen molar-refractivity contribution in [3.05, 3.63) is 235 Å². The third-order valence-corrected chi connectivity index (χ3v) is 14.0. The molecule has 70 heavy (non-hydrogen) atoms. The molecular formula is C64H61N4OPt-3. The minimum absolute atomic E-state index is 0. The van der Waals surface area contributed by atoms with Crippen LogP contribution in [0.1, 0.15) is 97.1 Å². The molecule has 0 aliphatic carbocycles. The number of benzene rings is 7. The summed E-state index contributed by atoms with van der Waals surface area (Å²) in [5.74, 6) is 2.05. The van der Waals surface area contributed by atoms with Crippen LogP contribution in [0.4, 0.5) is 11.4 Å². The molecule has 0 N–H and O–H groups in total. The van der Waals surface area contributed by atoms with Crippen LogP contribution in [-0.4, -0.2) is 9.55 Å². The molecule has 7 aromatic carbocycles. The van der Waals surface area contributed by atoms with Gasteiger partial charge in [-0.2, -0.15) is 6.07 Å². The van der Waals surface area contributed by atoms with Crippen molar-refractivity contribution in [2.75, 3.05) is 9.80 Å². The van der Waals surface area contributed by atoms with E-state index in [1.165, 1.54) is 33.4 Å². The van der Waals surface area contributed by atoms with Crippen molar-refractivity contribution in [3.8, 4) is 28.4 Å². The van der Waals surface area contributed by atoms with E-state index in [4.69, 9.17) is 9.72 Å². The number of fused-ring (bicyclic) bond motifs is 3. The Bertz CT molecular complexity index is 3360. The fourth-order valence-electron chi connectivity index (χ4n) is 9.59. The van der Waals surface area contributed by atoms with Crippen molar-refractivity contribution in [1.29, 1.82) is 0 Å². The molecule has 5 nitrogen and oxygen atoms in total. The molecule has 0 spiro atoms. The minimum atomic E-state index is -0.368. The van der Waals surface area contributed by atoms with Gasteiger partial charge in [-0.3, -0.25) is 0 Å². The molecule has 6 heteroatoms.